The Balaban J connectivity index is 1.84. The van der Waals surface area contributed by atoms with Gasteiger partial charge in [-0.2, -0.15) is 0 Å². The second-order valence-electron chi connectivity index (χ2n) is 5.12. The van der Waals surface area contributed by atoms with Crippen molar-refractivity contribution < 1.29 is 4.79 Å². The normalized spacial score (nSPS) is 14.0. The van der Waals surface area contributed by atoms with Crippen molar-refractivity contribution >= 4 is 28.4 Å². The molecular formula is C16H12ClN3O. The van der Waals surface area contributed by atoms with E-state index in [2.05, 4.69) is 15.3 Å². The molecule has 4 rings (SSSR count). The monoisotopic (exact) mass is 297 g/mol. The highest BCUT2D eigenvalue weighted by molar-refractivity contribution is 6.29. The van der Waals surface area contributed by atoms with E-state index < -0.39 is 0 Å². The lowest BCUT2D eigenvalue weighted by molar-refractivity contribution is 0.0946. The summed E-state index contributed by atoms with van der Waals surface area (Å²) in [5.74, 6) is -0.0132. The highest BCUT2D eigenvalue weighted by Crippen LogP contribution is 2.27. The molecule has 1 aliphatic rings. The third-order valence-corrected chi connectivity index (χ3v) is 3.98. The summed E-state index contributed by atoms with van der Waals surface area (Å²) in [7, 11) is 0. The first-order chi connectivity index (χ1) is 10.2. The van der Waals surface area contributed by atoms with Crippen LogP contribution < -0.4 is 5.32 Å². The number of nitrogens with zero attached hydrogens (tertiary/aromatic N) is 1. The molecule has 0 unspecified atom stereocenters. The summed E-state index contributed by atoms with van der Waals surface area (Å²) in [6.07, 6.45) is 0.832. The number of benzene rings is 1. The number of halogens is 1. The zero-order chi connectivity index (χ0) is 14.4. The minimum absolute atomic E-state index is 0.0132. The molecule has 3 heterocycles. The topological polar surface area (TPSA) is 57.8 Å². The number of fused-ring (bicyclic) bond motifs is 2. The Morgan fingerprint density at radius 2 is 2.00 bits per heavy atom. The van der Waals surface area contributed by atoms with E-state index in [1.807, 2.05) is 30.3 Å². The van der Waals surface area contributed by atoms with Crippen LogP contribution in [0.1, 0.15) is 16.1 Å². The molecule has 0 aliphatic carbocycles. The number of carbonyl (C=O) groups is 1. The molecule has 0 saturated heterocycles. The summed E-state index contributed by atoms with van der Waals surface area (Å²) in [4.78, 5) is 19.5. The average molecular weight is 298 g/mol. The maximum Gasteiger partial charge on any atom is 0.253 e. The van der Waals surface area contributed by atoms with Gasteiger partial charge in [-0.25, -0.2) is 4.98 Å². The smallest absolute Gasteiger partial charge is 0.253 e. The first-order valence-corrected chi connectivity index (χ1v) is 7.15. The maximum absolute atomic E-state index is 11.8. The van der Waals surface area contributed by atoms with Gasteiger partial charge in [-0.05, 0) is 24.3 Å². The minimum Gasteiger partial charge on any atom is -0.358 e. The predicted molar refractivity (Wildman–Crippen MR) is 82.6 cm³/mol. The number of H-pyrrole nitrogens is 1. The fraction of sp³-hybridized carbons (Fsp3) is 0.125. The van der Waals surface area contributed by atoms with Crippen molar-refractivity contribution in [1.82, 2.24) is 15.3 Å². The van der Waals surface area contributed by atoms with Crippen molar-refractivity contribution in [3.8, 4) is 11.3 Å². The standard InChI is InChI=1S/C16H12ClN3O/c17-15-4-3-9-1-2-10(7-13(9)20-15)14-8-11-12(19-14)5-6-18-16(11)21/h1-4,7-8,19H,5-6H2,(H,18,21). The summed E-state index contributed by atoms with van der Waals surface area (Å²) >= 11 is 5.95. The highest BCUT2D eigenvalue weighted by atomic mass is 35.5. The Morgan fingerprint density at radius 3 is 2.86 bits per heavy atom. The number of hydrogen-bond donors (Lipinski definition) is 2. The van der Waals surface area contributed by atoms with Crippen molar-refractivity contribution in [3.05, 3.63) is 52.8 Å². The molecular weight excluding hydrogens is 286 g/mol. The zero-order valence-electron chi connectivity index (χ0n) is 11.1. The van der Waals surface area contributed by atoms with Gasteiger partial charge < -0.3 is 10.3 Å². The van der Waals surface area contributed by atoms with E-state index in [-0.39, 0.29) is 5.91 Å². The molecule has 0 radical (unpaired) electrons. The lowest BCUT2D eigenvalue weighted by Crippen LogP contribution is -2.31. The van der Waals surface area contributed by atoms with Gasteiger partial charge in [-0.1, -0.05) is 23.7 Å². The van der Waals surface area contributed by atoms with Crippen molar-refractivity contribution in [2.75, 3.05) is 6.54 Å². The molecule has 1 aromatic carbocycles. The summed E-state index contributed by atoms with van der Waals surface area (Å²) in [5, 5.41) is 4.37. The van der Waals surface area contributed by atoms with Gasteiger partial charge in [0.05, 0.1) is 11.1 Å². The Morgan fingerprint density at radius 1 is 1.14 bits per heavy atom. The van der Waals surface area contributed by atoms with Crippen molar-refractivity contribution in [1.29, 1.82) is 0 Å². The lowest BCUT2D eigenvalue weighted by Gasteiger charge is -2.10. The van der Waals surface area contributed by atoms with Gasteiger partial charge in [0, 0.05) is 35.3 Å². The van der Waals surface area contributed by atoms with Crippen LogP contribution in [-0.2, 0) is 6.42 Å². The fourth-order valence-corrected chi connectivity index (χ4v) is 2.86. The second-order valence-corrected chi connectivity index (χ2v) is 5.51. The SMILES string of the molecule is O=C1NCCc2[nH]c(-c3ccc4ccc(Cl)nc4c3)cc21. The van der Waals surface area contributed by atoms with Crippen LogP contribution in [0.15, 0.2) is 36.4 Å². The van der Waals surface area contributed by atoms with E-state index in [1.165, 1.54) is 0 Å². The first kappa shape index (κ1) is 12.4. The fourth-order valence-electron chi connectivity index (χ4n) is 2.71. The van der Waals surface area contributed by atoms with E-state index in [9.17, 15) is 4.79 Å². The minimum atomic E-state index is -0.0132. The molecule has 5 heteroatoms. The van der Waals surface area contributed by atoms with Gasteiger partial charge in [0.2, 0.25) is 0 Å². The predicted octanol–water partition coefficient (Wildman–Crippen LogP) is 3.17. The van der Waals surface area contributed by atoms with E-state index in [1.54, 1.807) is 6.07 Å². The quantitative estimate of drug-likeness (QED) is 0.678. The van der Waals surface area contributed by atoms with Gasteiger partial charge >= 0.3 is 0 Å². The van der Waals surface area contributed by atoms with E-state index in [0.29, 0.717) is 11.7 Å². The van der Waals surface area contributed by atoms with Crippen LogP contribution in [0.2, 0.25) is 5.15 Å². The van der Waals surface area contributed by atoms with Gasteiger partial charge in [0.25, 0.3) is 5.91 Å². The molecule has 2 aromatic heterocycles. The van der Waals surface area contributed by atoms with Crippen molar-refractivity contribution in [2.45, 2.75) is 6.42 Å². The second kappa shape index (κ2) is 4.60. The summed E-state index contributed by atoms with van der Waals surface area (Å²) in [5.41, 5.74) is 4.50. The number of carbonyl (C=O) groups excluding carboxylic acids is 1. The molecule has 0 atom stereocenters. The Bertz CT molecular complexity index is 869. The molecule has 2 N–H and O–H groups in total. The third kappa shape index (κ3) is 2.08. The molecule has 1 aliphatic heterocycles. The van der Waals surface area contributed by atoms with Crippen LogP contribution in [-0.4, -0.2) is 22.4 Å². The van der Waals surface area contributed by atoms with Crippen LogP contribution >= 0.6 is 11.6 Å². The molecule has 104 valence electrons. The van der Waals surface area contributed by atoms with Gasteiger partial charge in [-0.3, -0.25) is 4.79 Å². The molecule has 0 fully saturated rings. The zero-order valence-corrected chi connectivity index (χ0v) is 11.9. The molecule has 0 bridgehead atoms. The van der Waals surface area contributed by atoms with E-state index in [0.717, 1.165) is 39.8 Å². The Labute approximate surface area is 126 Å². The molecule has 0 spiro atoms. The van der Waals surface area contributed by atoms with E-state index in [4.69, 9.17) is 11.6 Å². The van der Waals surface area contributed by atoms with Gasteiger partial charge in [0.1, 0.15) is 5.15 Å². The summed E-state index contributed by atoms with van der Waals surface area (Å²) in [6.45, 7) is 0.681. The number of aromatic nitrogens is 2. The van der Waals surface area contributed by atoms with Crippen molar-refractivity contribution in [3.63, 3.8) is 0 Å². The van der Waals surface area contributed by atoms with Crippen LogP contribution in [0.25, 0.3) is 22.2 Å². The number of nitrogens with one attached hydrogen (secondary N) is 2. The van der Waals surface area contributed by atoms with Crippen LogP contribution in [0.3, 0.4) is 0 Å². The largest absolute Gasteiger partial charge is 0.358 e. The number of pyridine rings is 1. The van der Waals surface area contributed by atoms with Gasteiger partial charge in [0.15, 0.2) is 0 Å². The van der Waals surface area contributed by atoms with Gasteiger partial charge in [-0.15, -0.1) is 0 Å². The molecule has 1 amide bonds. The lowest BCUT2D eigenvalue weighted by atomic mass is 10.1. The Hall–Kier alpha value is -2.33. The molecule has 21 heavy (non-hydrogen) atoms. The van der Waals surface area contributed by atoms with Crippen LogP contribution in [0, 0.1) is 0 Å². The molecule has 0 saturated carbocycles. The molecule has 3 aromatic rings. The van der Waals surface area contributed by atoms with Crippen LogP contribution in [0.5, 0.6) is 0 Å². The van der Waals surface area contributed by atoms with Crippen molar-refractivity contribution in [2.24, 2.45) is 0 Å². The number of amides is 1. The maximum atomic E-state index is 11.8. The third-order valence-electron chi connectivity index (χ3n) is 3.77. The number of rotatable bonds is 1. The average Bonchev–Trinajstić information content (AvgIpc) is 2.92. The number of aromatic amines is 1. The molecule has 4 nitrogen and oxygen atoms in total. The summed E-state index contributed by atoms with van der Waals surface area (Å²) < 4.78 is 0. The number of hydrogen-bond acceptors (Lipinski definition) is 2. The Kier molecular flexibility index (Phi) is 2.72. The highest BCUT2D eigenvalue weighted by Gasteiger charge is 2.19. The van der Waals surface area contributed by atoms with E-state index >= 15 is 0 Å². The summed E-state index contributed by atoms with van der Waals surface area (Å²) in [6, 6.07) is 11.6. The first-order valence-electron chi connectivity index (χ1n) is 6.77. The van der Waals surface area contributed by atoms with Crippen LogP contribution in [0.4, 0.5) is 0 Å².